The van der Waals surface area contributed by atoms with Crippen LogP contribution in [0.25, 0.3) is 0 Å². The summed E-state index contributed by atoms with van der Waals surface area (Å²) in [6.45, 7) is 3.05. The fourth-order valence-electron chi connectivity index (χ4n) is 2.44. The summed E-state index contributed by atoms with van der Waals surface area (Å²) in [6.07, 6.45) is 2.81. The zero-order valence-electron chi connectivity index (χ0n) is 8.79. The highest BCUT2D eigenvalue weighted by molar-refractivity contribution is 6.29. The number of rotatable bonds is 1. The van der Waals surface area contributed by atoms with Crippen molar-refractivity contribution < 1.29 is 4.39 Å². The Balaban J connectivity index is 1.78. The van der Waals surface area contributed by atoms with Gasteiger partial charge in [-0.3, -0.25) is 0 Å². The molecule has 1 aromatic rings. The van der Waals surface area contributed by atoms with Gasteiger partial charge >= 0.3 is 0 Å². The van der Waals surface area contributed by atoms with Crippen LogP contribution in [0.15, 0.2) is 12.3 Å². The van der Waals surface area contributed by atoms with Gasteiger partial charge in [-0.05, 0) is 18.9 Å². The Morgan fingerprint density at radius 2 is 2.44 bits per heavy atom. The van der Waals surface area contributed by atoms with E-state index in [1.165, 1.54) is 12.5 Å². The molecule has 3 rings (SSSR count). The minimum absolute atomic E-state index is 0.0552. The summed E-state index contributed by atoms with van der Waals surface area (Å²) in [4.78, 5) is 6.01. The lowest BCUT2D eigenvalue weighted by atomic mass is 9.85. The Labute approximate surface area is 98.6 Å². The normalized spacial score (nSPS) is 28.5. The van der Waals surface area contributed by atoms with Crippen molar-refractivity contribution in [3.8, 4) is 0 Å². The molecule has 0 aromatic carbocycles. The minimum atomic E-state index is -0.442. The topological polar surface area (TPSA) is 28.2 Å². The number of piperidine rings is 1. The zero-order valence-corrected chi connectivity index (χ0v) is 9.54. The number of halogens is 2. The van der Waals surface area contributed by atoms with E-state index >= 15 is 0 Å². The van der Waals surface area contributed by atoms with Crippen LogP contribution in [-0.2, 0) is 0 Å². The van der Waals surface area contributed by atoms with Crippen LogP contribution in [0.4, 0.5) is 10.1 Å². The van der Waals surface area contributed by atoms with E-state index in [0.717, 1.165) is 31.2 Å². The predicted octanol–water partition coefficient (Wildman–Crippen LogP) is 1.67. The van der Waals surface area contributed by atoms with E-state index in [9.17, 15) is 4.39 Å². The lowest BCUT2D eigenvalue weighted by Gasteiger charge is -2.46. The van der Waals surface area contributed by atoms with Gasteiger partial charge in [0.2, 0.25) is 0 Å². The fraction of sp³-hybridized carbons (Fsp3) is 0.545. The van der Waals surface area contributed by atoms with Crippen molar-refractivity contribution in [2.45, 2.75) is 12.5 Å². The third-order valence-corrected chi connectivity index (χ3v) is 3.82. The summed E-state index contributed by atoms with van der Waals surface area (Å²) >= 11 is 5.57. The largest absolute Gasteiger partial charge is 0.369 e. The Kier molecular flexibility index (Phi) is 2.48. The van der Waals surface area contributed by atoms with Crippen LogP contribution in [0.5, 0.6) is 0 Å². The lowest BCUT2D eigenvalue weighted by molar-refractivity contribution is 0.197. The van der Waals surface area contributed by atoms with Gasteiger partial charge in [-0.1, -0.05) is 11.6 Å². The molecule has 3 heterocycles. The van der Waals surface area contributed by atoms with E-state index < -0.39 is 5.82 Å². The first kappa shape index (κ1) is 10.3. The van der Waals surface area contributed by atoms with Crippen molar-refractivity contribution in [3.05, 3.63) is 23.2 Å². The summed E-state index contributed by atoms with van der Waals surface area (Å²) < 4.78 is 13.3. The van der Waals surface area contributed by atoms with Gasteiger partial charge in [0, 0.05) is 25.2 Å². The van der Waals surface area contributed by atoms with Crippen molar-refractivity contribution in [1.29, 1.82) is 0 Å². The fourth-order valence-corrected chi connectivity index (χ4v) is 2.54. The molecule has 2 atom stereocenters. The van der Waals surface area contributed by atoms with Crippen LogP contribution in [-0.4, -0.2) is 30.7 Å². The van der Waals surface area contributed by atoms with Gasteiger partial charge in [0.1, 0.15) is 0 Å². The number of hydrogen-bond donors (Lipinski definition) is 1. The highest BCUT2D eigenvalue weighted by Crippen LogP contribution is 2.28. The molecule has 0 spiro atoms. The second kappa shape index (κ2) is 3.86. The second-order valence-electron chi connectivity index (χ2n) is 4.48. The molecular weight excluding hydrogens is 229 g/mol. The van der Waals surface area contributed by atoms with E-state index in [4.69, 9.17) is 11.6 Å². The van der Waals surface area contributed by atoms with Crippen LogP contribution >= 0.6 is 11.6 Å². The molecule has 0 unspecified atom stereocenters. The van der Waals surface area contributed by atoms with Crippen molar-refractivity contribution in [3.63, 3.8) is 0 Å². The average Bonchev–Trinajstić information content (AvgIpc) is 2.24. The predicted molar refractivity (Wildman–Crippen MR) is 61.3 cm³/mol. The van der Waals surface area contributed by atoms with E-state index in [1.807, 2.05) is 0 Å². The smallest absolute Gasteiger partial charge is 0.164 e. The number of nitrogens with one attached hydrogen (secondary N) is 1. The quantitative estimate of drug-likeness (QED) is 0.759. The Hall–Kier alpha value is -0.870. The number of aromatic nitrogens is 1. The van der Waals surface area contributed by atoms with Crippen molar-refractivity contribution >= 4 is 17.3 Å². The van der Waals surface area contributed by atoms with Gasteiger partial charge in [0.05, 0.1) is 11.9 Å². The average molecular weight is 242 g/mol. The molecule has 1 N–H and O–H groups in total. The third-order valence-electron chi connectivity index (χ3n) is 3.55. The number of fused-ring (bicyclic) bond motifs is 1. The molecule has 0 bridgehead atoms. The maximum Gasteiger partial charge on any atom is 0.164 e. The molecule has 0 aliphatic carbocycles. The molecule has 0 saturated carbocycles. The molecule has 0 radical (unpaired) electrons. The third kappa shape index (κ3) is 1.66. The van der Waals surface area contributed by atoms with Crippen molar-refractivity contribution in [2.75, 3.05) is 24.5 Å². The zero-order chi connectivity index (χ0) is 11.1. The summed E-state index contributed by atoms with van der Waals surface area (Å²) in [7, 11) is 0. The first-order chi connectivity index (χ1) is 7.74. The number of nitrogens with zero attached hydrogens (tertiary/aromatic N) is 2. The summed E-state index contributed by atoms with van der Waals surface area (Å²) in [6, 6.07) is 2.03. The minimum Gasteiger partial charge on any atom is -0.369 e. The van der Waals surface area contributed by atoms with Gasteiger partial charge in [0.25, 0.3) is 0 Å². The monoisotopic (exact) mass is 241 g/mol. The molecule has 2 saturated heterocycles. The van der Waals surface area contributed by atoms with Gasteiger partial charge in [0.15, 0.2) is 11.0 Å². The molecule has 2 aliphatic rings. The van der Waals surface area contributed by atoms with E-state index in [2.05, 4.69) is 15.2 Å². The van der Waals surface area contributed by atoms with Crippen molar-refractivity contribution in [1.82, 2.24) is 10.3 Å². The van der Waals surface area contributed by atoms with E-state index in [1.54, 1.807) is 6.20 Å². The Morgan fingerprint density at radius 3 is 3.06 bits per heavy atom. The maximum absolute atomic E-state index is 13.3. The number of pyridine rings is 1. The molecule has 5 heteroatoms. The van der Waals surface area contributed by atoms with E-state index in [-0.39, 0.29) is 5.15 Å². The van der Waals surface area contributed by atoms with Crippen LogP contribution in [0.3, 0.4) is 0 Å². The molecule has 3 nitrogen and oxygen atoms in total. The number of anilines is 1. The molecular formula is C11H13ClFN3. The highest BCUT2D eigenvalue weighted by Gasteiger charge is 2.35. The summed E-state index contributed by atoms with van der Waals surface area (Å²) in [5.74, 6) is 0.365. The Bertz CT molecular complexity index is 412. The number of hydrogen-bond acceptors (Lipinski definition) is 3. The highest BCUT2D eigenvalue weighted by atomic mass is 35.5. The van der Waals surface area contributed by atoms with Crippen molar-refractivity contribution in [2.24, 2.45) is 5.92 Å². The van der Waals surface area contributed by atoms with Gasteiger partial charge in [-0.15, -0.1) is 0 Å². The first-order valence-corrected chi connectivity index (χ1v) is 5.91. The SMILES string of the molecule is Fc1cc(N2CC[C@@H]3CN[C@@H]3C2)cnc1Cl. The molecule has 2 aliphatic heterocycles. The molecule has 2 fully saturated rings. The standard InChI is InChI=1S/C11H13ClFN3/c12-11-9(13)3-8(5-15-11)16-2-1-7-4-14-10(7)6-16/h3,5,7,10,14H,1-2,4,6H2/t7-,10-/m1/s1. The van der Waals surface area contributed by atoms with Gasteiger partial charge < -0.3 is 10.2 Å². The van der Waals surface area contributed by atoms with Crippen LogP contribution < -0.4 is 10.2 Å². The first-order valence-electron chi connectivity index (χ1n) is 5.53. The summed E-state index contributed by atoms with van der Waals surface area (Å²) in [5.41, 5.74) is 0.828. The van der Waals surface area contributed by atoms with Crippen LogP contribution in [0.2, 0.25) is 5.15 Å². The van der Waals surface area contributed by atoms with E-state index in [0.29, 0.717) is 6.04 Å². The summed E-state index contributed by atoms with van der Waals surface area (Å²) in [5, 5.41) is 3.34. The Morgan fingerprint density at radius 1 is 1.56 bits per heavy atom. The van der Waals surface area contributed by atoms with Gasteiger partial charge in [-0.25, -0.2) is 9.37 Å². The maximum atomic E-state index is 13.3. The molecule has 1 aromatic heterocycles. The molecule has 16 heavy (non-hydrogen) atoms. The lowest BCUT2D eigenvalue weighted by Crippen LogP contribution is -2.62. The van der Waals surface area contributed by atoms with Gasteiger partial charge in [-0.2, -0.15) is 0 Å². The van der Waals surface area contributed by atoms with Crippen LogP contribution in [0.1, 0.15) is 6.42 Å². The second-order valence-corrected chi connectivity index (χ2v) is 4.83. The van der Waals surface area contributed by atoms with Crippen LogP contribution in [0, 0.1) is 11.7 Å². The molecule has 86 valence electrons. The molecule has 0 amide bonds.